The SMILES string of the molecule is CC(C)(C)c1ccc2c(c1)-c1ccccc1B1C2Cc2c3c4c(c5c2N1C1=CCCC=C1C5)N1B(c2ccccc2C2=CC(C(C)(C)C)CCC21)N4c1ccccc1O3. The van der Waals surface area contributed by atoms with Gasteiger partial charge in [-0.15, -0.1) is 0 Å². The quantitative estimate of drug-likeness (QED) is 0.146. The second kappa shape index (κ2) is 11.7. The first-order valence-corrected chi connectivity index (χ1v) is 22.4. The van der Waals surface area contributed by atoms with Crippen LogP contribution in [-0.2, 0) is 18.3 Å². The highest BCUT2D eigenvalue weighted by Gasteiger charge is 2.59. The number of para-hydroxylation sites is 2. The van der Waals surface area contributed by atoms with Gasteiger partial charge in [-0.25, -0.2) is 0 Å². The third kappa shape index (κ3) is 4.53. The van der Waals surface area contributed by atoms with Crippen LogP contribution in [0.3, 0.4) is 0 Å². The summed E-state index contributed by atoms with van der Waals surface area (Å²) in [4.78, 5) is 8.45. The Balaban J connectivity index is 1.12. The number of ether oxygens (including phenoxy) is 1. The Morgan fingerprint density at radius 1 is 0.695 bits per heavy atom. The van der Waals surface area contributed by atoms with Crippen LogP contribution in [0.5, 0.6) is 11.5 Å². The molecule has 0 aromatic heterocycles. The molecule has 0 saturated carbocycles. The summed E-state index contributed by atoms with van der Waals surface area (Å²) in [6.07, 6.45) is 14.2. The lowest BCUT2D eigenvalue weighted by molar-refractivity contribution is 0.265. The van der Waals surface area contributed by atoms with Gasteiger partial charge in [0.1, 0.15) is 5.75 Å². The Morgan fingerprint density at radius 3 is 2.29 bits per heavy atom. The van der Waals surface area contributed by atoms with Crippen LogP contribution in [0.4, 0.5) is 22.7 Å². The van der Waals surface area contributed by atoms with Gasteiger partial charge in [-0.3, -0.25) is 0 Å². The summed E-state index contributed by atoms with van der Waals surface area (Å²) < 4.78 is 7.42. The van der Waals surface area contributed by atoms with Gasteiger partial charge < -0.3 is 19.2 Å². The van der Waals surface area contributed by atoms with Crippen LogP contribution in [0.1, 0.15) is 101 Å². The summed E-state index contributed by atoms with van der Waals surface area (Å²) in [7, 11) is 0. The number of allylic oxidation sites excluding steroid dienone is 4. The molecule has 0 bridgehead atoms. The summed E-state index contributed by atoms with van der Waals surface area (Å²) in [6.45, 7) is 14.5. The molecule has 0 saturated heterocycles. The van der Waals surface area contributed by atoms with Crippen molar-refractivity contribution in [2.24, 2.45) is 11.3 Å². The van der Waals surface area contributed by atoms with Crippen molar-refractivity contribution in [3.63, 3.8) is 0 Å². The summed E-state index contributed by atoms with van der Waals surface area (Å²) in [5.74, 6) is 2.85. The van der Waals surface area contributed by atoms with Crippen molar-refractivity contribution in [3.05, 3.63) is 148 Å². The molecule has 3 atom stereocenters. The van der Waals surface area contributed by atoms with Crippen molar-refractivity contribution < 1.29 is 4.74 Å². The van der Waals surface area contributed by atoms with Crippen molar-refractivity contribution in [1.29, 1.82) is 0 Å². The van der Waals surface area contributed by atoms with E-state index in [1.165, 1.54) is 95.9 Å². The average molecular weight is 768 g/mol. The zero-order valence-corrected chi connectivity index (χ0v) is 35.3. The number of benzene rings is 5. The number of hydrogen-bond donors (Lipinski definition) is 0. The summed E-state index contributed by atoms with van der Waals surface area (Å²) in [6, 6.07) is 35.3. The number of fused-ring (bicyclic) bond motifs is 21. The van der Waals surface area contributed by atoms with E-state index in [4.69, 9.17) is 4.74 Å². The smallest absolute Gasteiger partial charge is 0.417 e. The lowest BCUT2D eigenvalue weighted by atomic mass is 9.36. The van der Waals surface area contributed by atoms with E-state index >= 15 is 0 Å². The fourth-order valence-electron chi connectivity index (χ4n) is 12.7. The van der Waals surface area contributed by atoms with Crippen LogP contribution in [0.25, 0.3) is 16.7 Å². The maximum atomic E-state index is 7.42. The molecule has 3 unspecified atom stereocenters. The molecule has 2 aliphatic carbocycles. The molecule has 0 fully saturated rings. The van der Waals surface area contributed by atoms with Gasteiger partial charge in [-0.05, 0) is 117 Å². The number of hydrogen-bond acceptors (Lipinski definition) is 4. The van der Waals surface area contributed by atoms with E-state index in [0.29, 0.717) is 5.92 Å². The molecule has 8 aliphatic rings. The van der Waals surface area contributed by atoms with Crippen molar-refractivity contribution >= 4 is 53.1 Å². The van der Waals surface area contributed by atoms with Crippen molar-refractivity contribution in [2.75, 3.05) is 14.4 Å². The largest absolute Gasteiger partial charge is 0.453 e. The summed E-state index contributed by atoms with van der Waals surface area (Å²) in [5, 5.41) is 0. The van der Waals surface area contributed by atoms with E-state index in [1.54, 1.807) is 0 Å². The highest BCUT2D eigenvalue weighted by atomic mass is 16.5. The minimum Gasteiger partial charge on any atom is -0.453 e. The van der Waals surface area contributed by atoms with E-state index in [-0.39, 0.29) is 36.5 Å². The Morgan fingerprint density at radius 2 is 1.46 bits per heavy atom. The first kappa shape index (κ1) is 34.5. The van der Waals surface area contributed by atoms with Crippen molar-refractivity contribution in [1.82, 2.24) is 0 Å². The third-order valence-corrected chi connectivity index (χ3v) is 15.5. The first-order chi connectivity index (χ1) is 28.6. The van der Waals surface area contributed by atoms with E-state index in [2.05, 4.69) is 165 Å². The molecule has 0 amide bonds. The summed E-state index contributed by atoms with van der Waals surface area (Å²) >= 11 is 0. The predicted octanol–water partition coefficient (Wildman–Crippen LogP) is 11.4. The van der Waals surface area contributed by atoms with Gasteiger partial charge >= 0.3 is 13.8 Å². The maximum absolute atomic E-state index is 7.42. The zero-order valence-electron chi connectivity index (χ0n) is 35.3. The minimum atomic E-state index is 0.0451. The van der Waals surface area contributed by atoms with E-state index < -0.39 is 0 Å². The lowest BCUT2D eigenvalue weighted by Gasteiger charge is -2.52. The predicted molar refractivity (Wildman–Crippen MR) is 247 cm³/mol. The Hall–Kier alpha value is -5.35. The van der Waals surface area contributed by atoms with Crippen LogP contribution in [0.2, 0.25) is 0 Å². The Bertz CT molecular complexity index is 2800. The van der Waals surface area contributed by atoms with Crippen LogP contribution < -0.4 is 30.1 Å². The molecule has 4 nitrogen and oxygen atoms in total. The van der Waals surface area contributed by atoms with Crippen LogP contribution in [-0.4, -0.2) is 19.9 Å². The van der Waals surface area contributed by atoms with E-state index in [0.717, 1.165) is 43.6 Å². The number of nitrogens with zero attached hydrogens (tertiary/aromatic N) is 3. The lowest BCUT2D eigenvalue weighted by Crippen LogP contribution is -2.63. The third-order valence-electron chi connectivity index (χ3n) is 15.5. The average Bonchev–Trinajstić information content (AvgIpc) is 3.61. The molecule has 6 heteroatoms. The minimum absolute atomic E-state index is 0.0451. The molecule has 6 heterocycles. The van der Waals surface area contributed by atoms with Gasteiger partial charge in [0.15, 0.2) is 5.75 Å². The molecule has 5 aromatic rings. The topological polar surface area (TPSA) is 19.0 Å². The van der Waals surface area contributed by atoms with Gasteiger partial charge in [0.25, 0.3) is 0 Å². The van der Waals surface area contributed by atoms with Gasteiger partial charge in [0, 0.05) is 35.0 Å². The monoisotopic (exact) mass is 767 g/mol. The van der Waals surface area contributed by atoms with Crippen molar-refractivity contribution in [3.8, 4) is 22.6 Å². The highest BCUT2D eigenvalue weighted by Crippen LogP contribution is 2.66. The second-order valence-corrected chi connectivity index (χ2v) is 20.7. The molecular formula is C53H51B2N3O. The second-order valence-electron chi connectivity index (χ2n) is 20.7. The Kier molecular flexibility index (Phi) is 6.83. The van der Waals surface area contributed by atoms with Crippen molar-refractivity contribution in [2.45, 2.75) is 97.3 Å². The number of anilines is 4. The van der Waals surface area contributed by atoms with Crippen LogP contribution in [0.15, 0.2) is 120 Å². The van der Waals surface area contributed by atoms with Gasteiger partial charge in [-0.1, -0.05) is 139 Å². The van der Waals surface area contributed by atoms with Crippen LogP contribution in [0, 0.1) is 11.3 Å². The Labute approximate surface area is 350 Å². The molecule has 5 aromatic carbocycles. The first-order valence-electron chi connectivity index (χ1n) is 22.4. The van der Waals surface area contributed by atoms with Gasteiger partial charge in [0.05, 0.1) is 17.1 Å². The molecule has 0 radical (unpaired) electrons. The van der Waals surface area contributed by atoms with E-state index in [1.807, 2.05) is 0 Å². The fraction of sp³-hybridized carbons (Fsp3) is 0.321. The number of rotatable bonds is 0. The standard InChI is InChI=1S/C53H51B2N3O/c1-52(2,3)32-23-25-36-37(28-32)34-16-8-10-18-41(34)54-43(36)30-40-48-39(27-31-15-7-12-20-44(31)56(48)54)49-50-51(40)59-47-22-14-13-21-46(47)58(50)55-42-19-11-9-17-35(42)38-29-33(53(4,5)6)24-26-45(38)57(49)55/h8-11,13-23,25,28-29,33,43,45H,7,12,24,26-27,30H2,1-6H3. The molecule has 0 N–H and O–H groups in total. The van der Waals surface area contributed by atoms with E-state index in [9.17, 15) is 0 Å². The normalized spacial score (nSPS) is 22.4. The van der Waals surface area contributed by atoms with Gasteiger partial charge in [-0.2, -0.15) is 0 Å². The fourth-order valence-corrected chi connectivity index (χ4v) is 12.7. The molecular weight excluding hydrogens is 716 g/mol. The maximum Gasteiger partial charge on any atom is 0.417 e. The summed E-state index contributed by atoms with van der Waals surface area (Å²) in [5.41, 5.74) is 22.9. The highest BCUT2D eigenvalue weighted by molar-refractivity contribution is 6.85. The van der Waals surface area contributed by atoms with Gasteiger partial charge in [0.2, 0.25) is 0 Å². The molecule has 290 valence electrons. The molecule has 6 aliphatic heterocycles. The zero-order chi connectivity index (χ0) is 39.7. The molecule has 59 heavy (non-hydrogen) atoms. The molecule has 0 spiro atoms. The van der Waals surface area contributed by atoms with Crippen LogP contribution >= 0.6 is 0 Å². The molecule has 13 rings (SSSR count).